The molecule has 0 aliphatic carbocycles. The number of nitrogens with zero attached hydrogens (tertiary/aromatic N) is 4. The molecule has 0 spiro atoms. The summed E-state index contributed by atoms with van der Waals surface area (Å²) in [6, 6.07) is 2.19. The fourth-order valence-electron chi connectivity index (χ4n) is 1.86. The summed E-state index contributed by atoms with van der Waals surface area (Å²) < 4.78 is 39.0. The van der Waals surface area contributed by atoms with Crippen LogP contribution in [0.1, 0.15) is 18.2 Å². The van der Waals surface area contributed by atoms with Gasteiger partial charge in [-0.2, -0.15) is 13.2 Å². The number of rotatable bonds is 3. The second kappa shape index (κ2) is 5.04. The number of halogens is 3. The van der Waals surface area contributed by atoms with Gasteiger partial charge in [-0.05, 0) is 18.6 Å². The molecule has 0 radical (unpaired) electrons. The van der Waals surface area contributed by atoms with Crippen LogP contribution in [0, 0.1) is 10.1 Å². The molecule has 7 nitrogen and oxygen atoms in total. The summed E-state index contributed by atoms with van der Waals surface area (Å²) in [6.45, 7) is 1.72. The summed E-state index contributed by atoms with van der Waals surface area (Å²) in [5.41, 5.74) is 4.02. The molecule has 10 heteroatoms. The van der Waals surface area contributed by atoms with Gasteiger partial charge in [-0.25, -0.2) is 4.68 Å². The predicted octanol–water partition coefficient (Wildman–Crippen LogP) is 2.34. The molecule has 2 N–H and O–H groups in total. The Bertz CT molecular complexity index is 696. The Morgan fingerprint density at radius 3 is 2.62 bits per heavy atom. The van der Waals surface area contributed by atoms with Gasteiger partial charge in [-0.3, -0.25) is 10.1 Å². The van der Waals surface area contributed by atoms with E-state index in [1.807, 2.05) is 0 Å². The third-order valence-corrected chi connectivity index (χ3v) is 2.86. The van der Waals surface area contributed by atoms with Gasteiger partial charge in [0.25, 0.3) is 5.69 Å². The standard InChI is InChI=1S/C11H10F3N5O2/c1-2-7-10(15)16-17-18(7)8-4-3-6(11(12,13)14)5-9(8)19(20)21/h3-5H,2,15H2,1H3. The Balaban J connectivity index is 2.66. The van der Waals surface area contributed by atoms with E-state index in [9.17, 15) is 23.3 Å². The Morgan fingerprint density at radius 2 is 2.10 bits per heavy atom. The zero-order valence-electron chi connectivity index (χ0n) is 10.8. The molecule has 0 aliphatic heterocycles. The molecule has 0 aliphatic rings. The highest BCUT2D eigenvalue weighted by molar-refractivity contribution is 5.56. The molecule has 2 rings (SSSR count). The molecule has 2 aromatic rings. The SMILES string of the molecule is CCc1c(N)nnn1-c1ccc(C(F)(F)F)cc1[N+](=O)[O-]. The van der Waals surface area contributed by atoms with Gasteiger partial charge >= 0.3 is 6.18 Å². The molecule has 112 valence electrons. The van der Waals surface area contributed by atoms with E-state index in [1.54, 1.807) is 6.92 Å². The molecular weight excluding hydrogens is 291 g/mol. The molecular formula is C11H10F3N5O2. The lowest BCUT2D eigenvalue weighted by Crippen LogP contribution is -2.10. The number of nitrogens with two attached hydrogens (primary N) is 1. The Labute approximate surface area is 116 Å². The van der Waals surface area contributed by atoms with E-state index >= 15 is 0 Å². The van der Waals surface area contributed by atoms with Crippen LogP contribution >= 0.6 is 0 Å². The van der Waals surface area contributed by atoms with Gasteiger partial charge in [0.2, 0.25) is 0 Å². The second-order valence-electron chi connectivity index (χ2n) is 4.15. The van der Waals surface area contributed by atoms with Gasteiger partial charge in [-0.1, -0.05) is 12.1 Å². The average molecular weight is 301 g/mol. The third kappa shape index (κ3) is 2.64. The molecule has 0 fully saturated rings. The molecule has 0 atom stereocenters. The maximum atomic E-state index is 12.6. The minimum atomic E-state index is -4.67. The lowest BCUT2D eigenvalue weighted by atomic mass is 10.1. The van der Waals surface area contributed by atoms with Crippen LogP contribution in [-0.4, -0.2) is 19.9 Å². The van der Waals surface area contributed by atoms with Crippen molar-refractivity contribution in [2.24, 2.45) is 0 Å². The Kier molecular flexibility index (Phi) is 3.54. The van der Waals surface area contributed by atoms with Gasteiger partial charge in [0.1, 0.15) is 5.69 Å². The monoisotopic (exact) mass is 301 g/mol. The maximum Gasteiger partial charge on any atom is 0.416 e. The smallest absolute Gasteiger partial charge is 0.381 e. The number of alkyl halides is 3. The summed E-state index contributed by atoms with van der Waals surface area (Å²) in [4.78, 5) is 10.1. The zero-order valence-corrected chi connectivity index (χ0v) is 10.8. The minimum absolute atomic E-state index is 0.0756. The van der Waals surface area contributed by atoms with Crippen LogP contribution < -0.4 is 5.73 Å². The van der Waals surface area contributed by atoms with Crippen LogP contribution in [0.3, 0.4) is 0 Å². The van der Waals surface area contributed by atoms with E-state index in [1.165, 1.54) is 0 Å². The summed E-state index contributed by atoms with van der Waals surface area (Å²) in [7, 11) is 0. The van der Waals surface area contributed by atoms with Crippen molar-refractivity contribution in [3.05, 3.63) is 39.6 Å². The van der Waals surface area contributed by atoms with Crippen LogP contribution in [0.25, 0.3) is 5.69 Å². The number of nitro groups is 1. The number of hydrogen-bond acceptors (Lipinski definition) is 5. The highest BCUT2D eigenvalue weighted by atomic mass is 19.4. The third-order valence-electron chi connectivity index (χ3n) is 2.86. The van der Waals surface area contributed by atoms with Crippen LogP contribution in [0.4, 0.5) is 24.7 Å². The first-order valence-electron chi connectivity index (χ1n) is 5.81. The summed E-state index contributed by atoms with van der Waals surface area (Å²) in [5.74, 6) is 0.0756. The average Bonchev–Trinajstić information content (AvgIpc) is 2.77. The van der Waals surface area contributed by atoms with Crippen molar-refractivity contribution in [3.8, 4) is 5.69 Å². The highest BCUT2D eigenvalue weighted by Crippen LogP contribution is 2.34. The maximum absolute atomic E-state index is 12.6. The van der Waals surface area contributed by atoms with Crippen molar-refractivity contribution >= 4 is 11.5 Å². The van der Waals surface area contributed by atoms with E-state index in [0.29, 0.717) is 18.2 Å². The van der Waals surface area contributed by atoms with Crippen LogP contribution in [0.15, 0.2) is 18.2 Å². The van der Waals surface area contributed by atoms with Crippen molar-refractivity contribution in [1.29, 1.82) is 0 Å². The summed E-state index contributed by atoms with van der Waals surface area (Å²) in [6.07, 6.45) is -4.30. The molecule has 0 saturated heterocycles. The van der Waals surface area contributed by atoms with E-state index in [2.05, 4.69) is 10.3 Å². The second-order valence-corrected chi connectivity index (χ2v) is 4.15. The van der Waals surface area contributed by atoms with Gasteiger partial charge in [0.05, 0.1) is 16.2 Å². The number of hydrogen-bond donors (Lipinski definition) is 1. The number of anilines is 1. The number of nitrogen functional groups attached to an aromatic ring is 1. The van der Waals surface area contributed by atoms with Crippen molar-refractivity contribution in [3.63, 3.8) is 0 Å². The first-order chi connectivity index (χ1) is 9.75. The van der Waals surface area contributed by atoms with E-state index in [-0.39, 0.29) is 11.5 Å². The van der Waals surface area contributed by atoms with E-state index in [0.717, 1.165) is 16.8 Å². The topological polar surface area (TPSA) is 99.9 Å². The van der Waals surface area contributed by atoms with Crippen molar-refractivity contribution in [2.75, 3.05) is 5.73 Å². The van der Waals surface area contributed by atoms with Gasteiger partial charge in [0, 0.05) is 6.07 Å². The zero-order chi connectivity index (χ0) is 15.8. The van der Waals surface area contributed by atoms with Crippen LogP contribution in [-0.2, 0) is 12.6 Å². The fourth-order valence-corrected chi connectivity index (χ4v) is 1.86. The van der Waals surface area contributed by atoms with Crippen LogP contribution in [0.2, 0.25) is 0 Å². The predicted molar refractivity (Wildman–Crippen MR) is 66.8 cm³/mol. The van der Waals surface area contributed by atoms with Crippen molar-refractivity contribution < 1.29 is 18.1 Å². The van der Waals surface area contributed by atoms with Crippen molar-refractivity contribution in [1.82, 2.24) is 15.0 Å². The molecule has 0 amide bonds. The van der Waals surface area contributed by atoms with Gasteiger partial charge in [-0.15, -0.1) is 5.10 Å². The van der Waals surface area contributed by atoms with Gasteiger partial charge < -0.3 is 5.73 Å². The van der Waals surface area contributed by atoms with Gasteiger partial charge in [0.15, 0.2) is 5.82 Å². The summed E-state index contributed by atoms with van der Waals surface area (Å²) >= 11 is 0. The molecule has 1 aromatic heterocycles. The minimum Gasteiger partial charge on any atom is -0.381 e. The van der Waals surface area contributed by atoms with Crippen molar-refractivity contribution in [2.45, 2.75) is 19.5 Å². The molecule has 1 aromatic carbocycles. The highest BCUT2D eigenvalue weighted by Gasteiger charge is 2.33. The van der Waals surface area contributed by atoms with E-state index < -0.39 is 22.4 Å². The summed E-state index contributed by atoms with van der Waals surface area (Å²) in [5, 5.41) is 18.3. The molecule has 1 heterocycles. The quantitative estimate of drug-likeness (QED) is 0.692. The largest absolute Gasteiger partial charge is 0.416 e. The molecule has 0 bridgehead atoms. The molecule has 0 unspecified atom stereocenters. The Hall–Kier alpha value is -2.65. The van der Waals surface area contributed by atoms with Crippen LogP contribution in [0.5, 0.6) is 0 Å². The Morgan fingerprint density at radius 1 is 1.43 bits per heavy atom. The fraction of sp³-hybridized carbons (Fsp3) is 0.273. The normalized spacial score (nSPS) is 11.6. The number of nitro benzene ring substituents is 1. The number of benzene rings is 1. The first kappa shape index (κ1) is 14.8. The van der Waals surface area contributed by atoms with E-state index in [4.69, 9.17) is 5.73 Å². The molecule has 21 heavy (non-hydrogen) atoms. The first-order valence-corrected chi connectivity index (χ1v) is 5.81. The lowest BCUT2D eigenvalue weighted by molar-refractivity contribution is -0.384. The lowest BCUT2D eigenvalue weighted by Gasteiger charge is -2.10. The molecule has 0 saturated carbocycles. The number of aromatic nitrogens is 3.